The average molecular weight is 138 g/mol. The summed E-state index contributed by atoms with van der Waals surface area (Å²) in [5.41, 5.74) is 5.77. The molecule has 0 aliphatic carbocycles. The minimum atomic E-state index is -0.515. The zero-order chi connectivity index (χ0) is 8.15. The lowest BCUT2D eigenvalue weighted by Crippen LogP contribution is -2.13. The van der Waals surface area contributed by atoms with E-state index in [-0.39, 0.29) is 0 Å². The third-order valence-corrected chi connectivity index (χ3v) is 1.31. The van der Waals surface area contributed by atoms with Crippen molar-refractivity contribution in [2.45, 2.75) is 20.3 Å². The van der Waals surface area contributed by atoms with E-state index in [1.807, 2.05) is 13.0 Å². The predicted octanol–water partition coefficient (Wildman–Crippen LogP) is 0.722. The highest BCUT2D eigenvalue weighted by atomic mass is 16.1. The second-order valence-corrected chi connectivity index (χ2v) is 1.93. The summed E-state index contributed by atoms with van der Waals surface area (Å²) in [5.74, 6) is -0.515. The highest BCUT2D eigenvalue weighted by Crippen LogP contribution is 2.05. The van der Waals surface area contributed by atoms with Gasteiger partial charge in [0.2, 0.25) is 5.91 Å². The Labute approximate surface area is 60.1 Å². The van der Waals surface area contributed by atoms with Crippen molar-refractivity contribution in [1.82, 2.24) is 0 Å². The van der Waals surface area contributed by atoms with Crippen molar-refractivity contribution in [1.29, 1.82) is 5.26 Å². The molecule has 2 N–H and O–H groups in total. The van der Waals surface area contributed by atoms with E-state index in [0.717, 1.165) is 0 Å². The van der Waals surface area contributed by atoms with Crippen LogP contribution >= 0.6 is 0 Å². The fraction of sp³-hybridized carbons (Fsp3) is 0.429. The number of carbonyl (C=O) groups is 1. The van der Waals surface area contributed by atoms with Gasteiger partial charge in [-0.1, -0.05) is 6.92 Å². The zero-order valence-corrected chi connectivity index (χ0v) is 6.14. The van der Waals surface area contributed by atoms with Crippen LogP contribution in [0.1, 0.15) is 20.3 Å². The van der Waals surface area contributed by atoms with Crippen LogP contribution in [-0.2, 0) is 4.79 Å². The molecule has 0 aromatic heterocycles. The smallest absolute Gasteiger partial charge is 0.245 e. The second-order valence-electron chi connectivity index (χ2n) is 1.93. The van der Waals surface area contributed by atoms with E-state index in [4.69, 9.17) is 11.0 Å². The molecule has 0 aliphatic heterocycles. The molecule has 0 heterocycles. The first-order valence-corrected chi connectivity index (χ1v) is 3.03. The molecule has 0 aliphatic rings. The summed E-state index contributed by atoms with van der Waals surface area (Å²) in [7, 11) is 0. The Morgan fingerprint density at radius 1 is 1.70 bits per heavy atom. The maximum atomic E-state index is 10.5. The topological polar surface area (TPSA) is 66.9 Å². The molecule has 0 unspecified atom stereocenters. The lowest BCUT2D eigenvalue weighted by Gasteiger charge is -1.95. The molecule has 10 heavy (non-hydrogen) atoms. The summed E-state index contributed by atoms with van der Waals surface area (Å²) in [5, 5.41) is 8.43. The van der Waals surface area contributed by atoms with Gasteiger partial charge in [0.1, 0.15) is 0 Å². The molecular formula is C7H10N2O. The summed E-state index contributed by atoms with van der Waals surface area (Å²) < 4.78 is 0. The van der Waals surface area contributed by atoms with Gasteiger partial charge in [0.15, 0.2) is 0 Å². The quantitative estimate of drug-likeness (QED) is 0.451. The second kappa shape index (κ2) is 3.67. The molecule has 0 saturated carbocycles. The monoisotopic (exact) mass is 138 g/mol. The van der Waals surface area contributed by atoms with Gasteiger partial charge in [-0.2, -0.15) is 5.26 Å². The molecule has 54 valence electrons. The van der Waals surface area contributed by atoms with E-state index in [2.05, 4.69) is 0 Å². The van der Waals surface area contributed by atoms with Gasteiger partial charge >= 0.3 is 0 Å². The van der Waals surface area contributed by atoms with Crippen LogP contribution in [0.15, 0.2) is 11.1 Å². The van der Waals surface area contributed by atoms with Crippen molar-refractivity contribution in [2.75, 3.05) is 0 Å². The summed E-state index contributed by atoms with van der Waals surface area (Å²) in [6.45, 7) is 3.37. The lowest BCUT2D eigenvalue weighted by atomic mass is 10.1. The molecule has 0 atom stereocenters. The van der Waals surface area contributed by atoms with Crippen molar-refractivity contribution in [2.24, 2.45) is 5.73 Å². The van der Waals surface area contributed by atoms with Gasteiger partial charge in [-0.3, -0.25) is 4.79 Å². The highest BCUT2D eigenvalue weighted by Gasteiger charge is 2.03. The fourth-order valence-corrected chi connectivity index (χ4v) is 0.577. The van der Waals surface area contributed by atoms with Gasteiger partial charge in [-0.25, -0.2) is 0 Å². The van der Waals surface area contributed by atoms with E-state index in [9.17, 15) is 4.79 Å². The first-order valence-electron chi connectivity index (χ1n) is 3.03. The van der Waals surface area contributed by atoms with Crippen molar-refractivity contribution in [3.05, 3.63) is 11.1 Å². The maximum absolute atomic E-state index is 10.5. The number of carbonyl (C=O) groups excluding carboxylic acids is 1. The number of hydrogen-bond donors (Lipinski definition) is 1. The Morgan fingerprint density at radius 2 is 2.20 bits per heavy atom. The van der Waals surface area contributed by atoms with E-state index < -0.39 is 5.91 Å². The predicted molar refractivity (Wildman–Crippen MR) is 37.8 cm³/mol. The molecule has 0 rings (SSSR count). The van der Waals surface area contributed by atoms with Crippen LogP contribution in [0.25, 0.3) is 0 Å². The number of hydrogen-bond acceptors (Lipinski definition) is 2. The Kier molecular flexibility index (Phi) is 3.20. The SMILES string of the molecule is CCC(C#N)=C(C)C(N)=O. The molecule has 0 fully saturated rings. The van der Waals surface area contributed by atoms with Gasteiger partial charge in [-0.05, 0) is 13.3 Å². The van der Waals surface area contributed by atoms with Crippen LogP contribution in [0.4, 0.5) is 0 Å². The van der Waals surface area contributed by atoms with Crippen molar-refractivity contribution in [3.63, 3.8) is 0 Å². The first kappa shape index (κ1) is 8.70. The van der Waals surface area contributed by atoms with Gasteiger partial charge in [0.05, 0.1) is 6.07 Å². The number of primary amides is 1. The maximum Gasteiger partial charge on any atom is 0.245 e. The first-order chi connectivity index (χ1) is 4.63. The molecule has 0 radical (unpaired) electrons. The van der Waals surface area contributed by atoms with Gasteiger partial charge < -0.3 is 5.73 Å². The van der Waals surface area contributed by atoms with E-state index in [1.165, 1.54) is 0 Å². The van der Waals surface area contributed by atoms with E-state index >= 15 is 0 Å². The molecule has 3 nitrogen and oxygen atoms in total. The van der Waals surface area contributed by atoms with E-state index in [1.54, 1.807) is 6.92 Å². The molecule has 0 saturated heterocycles. The highest BCUT2D eigenvalue weighted by molar-refractivity contribution is 5.92. The molecule has 3 heteroatoms. The normalized spacial score (nSPS) is 11.7. The minimum absolute atomic E-state index is 0.366. The number of nitrogens with zero attached hydrogens (tertiary/aromatic N) is 1. The molecule has 0 bridgehead atoms. The van der Waals surface area contributed by atoms with Crippen LogP contribution in [0.2, 0.25) is 0 Å². The Morgan fingerprint density at radius 3 is 2.30 bits per heavy atom. The third-order valence-electron chi connectivity index (χ3n) is 1.31. The van der Waals surface area contributed by atoms with E-state index in [0.29, 0.717) is 17.6 Å². The summed E-state index contributed by atoms with van der Waals surface area (Å²) in [4.78, 5) is 10.5. The van der Waals surface area contributed by atoms with Crippen LogP contribution in [-0.4, -0.2) is 5.91 Å². The van der Waals surface area contributed by atoms with Crippen molar-refractivity contribution in [3.8, 4) is 6.07 Å². The average Bonchev–Trinajstić information content (AvgIpc) is 1.90. The number of amides is 1. The number of nitriles is 1. The molecule has 0 aromatic rings. The number of rotatable bonds is 2. The Bertz CT molecular complexity index is 210. The molecule has 0 spiro atoms. The van der Waals surface area contributed by atoms with Gasteiger partial charge in [0.25, 0.3) is 0 Å². The van der Waals surface area contributed by atoms with Crippen LogP contribution in [0.5, 0.6) is 0 Å². The zero-order valence-electron chi connectivity index (χ0n) is 6.14. The number of nitrogens with two attached hydrogens (primary N) is 1. The summed E-state index contributed by atoms with van der Waals surface area (Å²) >= 11 is 0. The van der Waals surface area contributed by atoms with Crippen LogP contribution in [0.3, 0.4) is 0 Å². The number of allylic oxidation sites excluding steroid dienone is 1. The summed E-state index contributed by atoms with van der Waals surface area (Å²) in [6.07, 6.45) is 0.561. The minimum Gasteiger partial charge on any atom is -0.366 e. The van der Waals surface area contributed by atoms with Crippen LogP contribution in [0, 0.1) is 11.3 Å². The largest absolute Gasteiger partial charge is 0.366 e. The third kappa shape index (κ3) is 1.90. The van der Waals surface area contributed by atoms with Gasteiger partial charge in [-0.15, -0.1) is 0 Å². The standard InChI is InChI=1S/C7H10N2O/c1-3-6(4-8)5(2)7(9)10/h3H2,1-2H3,(H2,9,10). The van der Waals surface area contributed by atoms with Crippen molar-refractivity contribution >= 4 is 5.91 Å². The molecular weight excluding hydrogens is 128 g/mol. The Hall–Kier alpha value is -1.30. The van der Waals surface area contributed by atoms with Crippen molar-refractivity contribution < 1.29 is 4.79 Å². The Balaban J connectivity index is 4.65. The molecule has 1 amide bonds. The lowest BCUT2D eigenvalue weighted by molar-refractivity contribution is -0.114. The fourth-order valence-electron chi connectivity index (χ4n) is 0.577. The molecule has 0 aromatic carbocycles. The van der Waals surface area contributed by atoms with Gasteiger partial charge in [0, 0.05) is 11.1 Å². The summed E-state index contributed by atoms with van der Waals surface area (Å²) in [6, 6.07) is 1.91. The van der Waals surface area contributed by atoms with Crippen LogP contribution < -0.4 is 5.73 Å².